The summed E-state index contributed by atoms with van der Waals surface area (Å²) in [4.78, 5) is 15.2. The second-order valence-electron chi connectivity index (χ2n) is 4.41. The van der Waals surface area contributed by atoms with E-state index in [1.807, 2.05) is 32.7 Å². The SMILES string of the molecule is CSc1nc2ncnc(N(C)Cc3cnn(C)c3)c2s1. The molecule has 0 N–H and O–H groups in total. The van der Waals surface area contributed by atoms with Gasteiger partial charge >= 0.3 is 0 Å². The predicted octanol–water partition coefficient (Wildman–Crippen LogP) is 2.18. The zero-order valence-corrected chi connectivity index (χ0v) is 13.1. The van der Waals surface area contributed by atoms with Gasteiger partial charge in [0.25, 0.3) is 0 Å². The first-order valence-corrected chi connectivity index (χ1v) is 8.05. The number of rotatable bonds is 4. The van der Waals surface area contributed by atoms with Crippen molar-refractivity contribution in [3.05, 3.63) is 24.3 Å². The minimum Gasteiger partial charge on any atom is -0.354 e. The molecule has 0 bridgehead atoms. The second kappa shape index (κ2) is 5.37. The largest absolute Gasteiger partial charge is 0.354 e. The van der Waals surface area contributed by atoms with E-state index in [1.54, 1.807) is 34.1 Å². The number of hydrogen-bond acceptors (Lipinski definition) is 7. The van der Waals surface area contributed by atoms with Crippen molar-refractivity contribution < 1.29 is 0 Å². The minimum atomic E-state index is 0.756. The van der Waals surface area contributed by atoms with E-state index >= 15 is 0 Å². The molecule has 0 amide bonds. The molecule has 0 radical (unpaired) electrons. The third-order valence-corrected chi connectivity index (χ3v) is 4.89. The topological polar surface area (TPSA) is 59.7 Å². The van der Waals surface area contributed by atoms with E-state index < -0.39 is 0 Å². The maximum Gasteiger partial charge on any atom is 0.176 e. The van der Waals surface area contributed by atoms with Gasteiger partial charge in [-0.2, -0.15) is 5.10 Å². The van der Waals surface area contributed by atoms with Crippen molar-refractivity contribution in [1.29, 1.82) is 0 Å². The summed E-state index contributed by atoms with van der Waals surface area (Å²) in [5.41, 5.74) is 1.92. The van der Waals surface area contributed by atoms with Gasteiger partial charge in [0, 0.05) is 32.4 Å². The molecular formula is C12H14N6S2. The van der Waals surface area contributed by atoms with Crippen molar-refractivity contribution in [2.24, 2.45) is 7.05 Å². The van der Waals surface area contributed by atoms with E-state index in [0.29, 0.717) is 0 Å². The fourth-order valence-corrected chi connectivity index (χ4v) is 3.54. The van der Waals surface area contributed by atoms with Crippen LogP contribution >= 0.6 is 23.1 Å². The molecule has 20 heavy (non-hydrogen) atoms. The number of aromatic nitrogens is 5. The highest BCUT2D eigenvalue weighted by molar-refractivity contribution is 8.00. The maximum absolute atomic E-state index is 4.47. The quantitative estimate of drug-likeness (QED) is 0.689. The predicted molar refractivity (Wildman–Crippen MR) is 82.3 cm³/mol. The Balaban J connectivity index is 1.94. The molecule has 0 saturated carbocycles. The van der Waals surface area contributed by atoms with Crippen LogP contribution in [-0.2, 0) is 13.6 Å². The summed E-state index contributed by atoms with van der Waals surface area (Å²) in [6.45, 7) is 0.756. The van der Waals surface area contributed by atoms with E-state index in [0.717, 1.165) is 32.6 Å². The zero-order chi connectivity index (χ0) is 14.1. The molecule has 0 spiro atoms. The lowest BCUT2D eigenvalue weighted by atomic mass is 10.3. The van der Waals surface area contributed by atoms with Crippen molar-refractivity contribution in [3.8, 4) is 0 Å². The molecule has 0 unspecified atom stereocenters. The van der Waals surface area contributed by atoms with Crippen molar-refractivity contribution in [2.45, 2.75) is 10.9 Å². The Morgan fingerprint density at radius 3 is 2.95 bits per heavy atom. The standard InChI is InChI=1S/C12H14N6S2/c1-17(5-8-4-15-18(2)6-8)11-9-10(13-7-14-11)16-12(19-3)20-9/h4,6-7H,5H2,1-3H3. The van der Waals surface area contributed by atoms with Gasteiger partial charge < -0.3 is 4.90 Å². The van der Waals surface area contributed by atoms with Crippen LogP contribution in [0, 0.1) is 0 Å². The van der Waals surface area contributed by atoms with Crippen molar-refractivity contribution >= 4 is 39.3 Å². The van der Waals surface area contributed by atoms with Crippen molar-refractivity contribution in [2.75, 3.05) is 18.2 Å². The van der Waals surface area contributed by atoms with Crippen LogP contribution in [0.25, 0.3) is 10.3 Å². The first kappa shape index (κ1) is 13.3. The summed E-state index contributed by atoms with van der Waals surface area (Å²) < 4.78 is 3.84. The number of thioether (sulfide) groups is 1. The Morgan fingerprint density at radius 2 is 2.25 bits per heavy atom. The van der Waals surface area contributed by atoms with Crippen LogP contribution < -0.4 is 4.90 Å². The Labute approximate surface area is 124 Å². The first-order valence-electron chi connectivity index (χ1n) is 6.01. The fraction of sp³-hybridized carbons (Fsp3) is 0.333. The van der Waals surface area contributed by atoms with Crippen LogP contribution in [0.4, 0.5) is 5.82 Å². The van der Waals surface area contributed by atoms with Crippen LogP contribution in [0.2, 0.25) is 0 Å². The zero-order valence-electron chi connectivity index (χ0n) is 11.4. The lowest BCUT2D eigenvalue weighted by Crippen LogP contribution is -2.17. The molecule has 8 heteroatoms. The molecule has 0 aliphatic carbocycles. The number of anilines is 1. The molecule has 0 saturated heterocycles. The summed E-state index contributed by atoms with van der Waals surface area (Å²) >= 11 is 3.26. The van der Waals surface area contributed by atoms with Gasteiger partial charge in [-0.25, -0.2) is 15.0 Å². The summed E-state index contributed by atoms with van der Waals surface area (Å²) in [5, 5.41) is 4.19. The van der Waals surface area contributed by atoms with Gasteiger partial charge in [-0.1, -0.05) is 11.8 Å². The van der Waals surface area contributed by atoms with E-state index in [1.165, 1.54) is 0 Å². The lowest BCUT2D eigenvalue weighted by Gasteiger charge is -2.17. The smallest absolute Gasteiger partial charge is 0.176 e. The van der Waals surface area contributed by atoms with E-state index in [9.17, 15) is 0 Å². The third kappa shape index (κ3) is 2.48. The summed E-state index contributed by atoms with van der Waals surface area (Å²) in [7, 11) is 3.94. The van der Waals surface area contributed by atoms with Crippen molar-refractivity contribution in [1.82, 2.24) is 24.7 Å². The van der Waals surface area contributed by atoms with Crippen LogP contribution in [0.5, 0.6) is 0 Å². The van der Waals surface area contributed by atoms with Gasteiger partial charge in [0.05, 0.1) is 6.20 Å². The van der Waals surface area contributed by atoms with E-state index in [2.05, 4.69) is 25.0 Å². The van der Waals surface area contributed by atoms with Gasteiger partial charge in [-0.3, -0.25) is 4.68 Å². The highest BCUT2D eigenvalue weighted by Gasteiger charge is 2.14. The van der Waals surface area contributed by atoms with Gasteiger partial charge in [0.1, 0.15) is 11.0 Å². The summed E-state index contributed by atoms with van der Waals surface area (Å²) in [5.74, 6) is 0.914. The highest BCUT2D eigenvalue weighted by Crippen LogP contribution is 2.32. The van der Waals surface area contributed by atoms with Gasteiger partial charge in [0.2, 0.25) is 0 Å². The minimum absolute atomic E-state index is 0.756. The molecule has 6 nitrogen and oxygen atoms in total. The summed E-state index contributed by atoms with van der Waals surface area (Å²) in [6, 6.07) is 0. The third-order valence-electron chi connectivity index (χ3n) is 2.87. The fourth-order valence-electron chi connectivity index (χ4n) is 1.98. The average Bonchev–Trinajstić information content (AvgIpc) is 3.03. The second-order valence-corrected chi connectivity index (χ2v) is 6.46. The average molecular weight is 306 g/mol. The first-order chi connectivity index (χ1) is 9.67. The lowest BCUT2D eigenvalue weighted by molar-refractivity contribution is 0.766. The van der Waals surface area contributed by atoms with Crippen LogP contribution in [0.3, 0.4) is 0 Å². The Morgan fingerprint density at radius 1 is 1.40 bits per heavy atom. The number of fused-ring (bicyclic) bond motifs is 1. The molecule has 0 aliphatic rings. The molecule has 0 fully saturated rings. The molecular weight excluding hydrogens is 292 g/mol. The normalized spacial score (nSPS) is 11.2. The molecule has 3 aromatic rings. The monoisotopic (exact) mass is 306 g/mol. The van der Waals surface area contributed by atoms with Crippen LogP contribution in [0.1, 0.15) is 5.56 Å². The molecule has 0 aromatic carbocycles. The molecule has 3 rings (SSSR count). The molecule has 3 aromatic heterocycles. The Kier molecular flexibility index (Phi) is 3.58. The number of aryl methyl sites for hydroxylation is 1. The molecule has 0 atom stereocenters. The molecule has 0 aliphatic heterocycles. The van der Waals surface area contributed by atoms with Gasteiger partial charge in [0.15, 0.2) is 15.8 Å². The van der Waals surface area contributed by atoms with E-state index in [-0.39, 0.29) is 0 Å². The molecule has 104 valence electrons. The molecule has 3 heterocycles. The van der Waals surface area contributed by atoms with Crippen molar-refractivity contribution in [3.63, 3.8) is 0 Å². The Hall–Kier alpha value is -1.67. The number of nitrogens with zero attached hydrogens (tertiary/aromatic N) is 6. The number of thiazole rings is 1. The highest BCUT2D eigenvalue weighted by atomic mass is 32.2. The van der Waals surface area contributed by atoms with E-state index in [4.69, 9.17) is 0 Å². The van der Waals surface area contributed by atoms with Gasteiger partial charge in [-0.05, 0) is 6.26 Å². The summed E-state index contributed by atoms with van der Waals surface area (Å²) in [6.07, 6.45) is 7.47. The number of hydrogen-bond donors (Lipinski definition) is 0. The van der Waals surface area contributed by atoms with Crippen LogP contribution in [-0.4, -0.2) is 38.0 Å². The maximum atomic E-state index is 4.47. The Bertz CT molecular complexity index is 734. The van der Waals surface area contributed by atoms with Gasteiger partial charge in [-0.15, -0.1) is 11.3 Å². The van der Waals surface area contributed by atoms with Crippen LogP contribution in [0.15, 0.2) is 23.1 Å².